The van der Waals surface area contributed by atoms with Crippen LogP contribution in [-0.2, 0) is 6.54 Å². The summed E-state index contributed by atoms with van der Waals surface area (Å²) in [6.45, 7) is 0.370. The maximum atomic E-state index is 9.28. The summed E-state index contributed by atoms with van der Waals surface area (Å²) in [5, 5.41) is 12.9. The predicted octanol–water partition coefficient (Wildman–Crippen LogP) is 1.51. The SMILES string of the molecule is NCc1cnoc1-c1cccc(O)c1. The highest BCUT2D eigenvalue weighted by atomic mass is 16.5. The molecular weight excluding hydrogens is 180 g/mol. The lowest BCUT2D eigenvalue weighted by Crippen LogP contribution is -1.95. The molecule has 0 aliphatic heterocycles. The molecule has 0 radical (unpaired) electrons. The fraction of sp³-hybridized carbons (Fsp3) is 0.100. The average Bonchev–Trinajstić information content (AvgIpc) is 2.65. The lowest BCUT2D eigenvalue weighted by atomic mass is 10.1. The van der Waals surface area contributed by atoms with Crippen LogP contribution >= 0.6 is 0 Å². The Bertz CT molecular complexity index is 437. The first-order valence-corrected chi connectivity index (χ1v) is 4.24. The van der Waals surface area contributed by atoms with E-state index >= 15 is 0 Å². The minimum atomic E-state index is 0.196. The van der Waals surface area contributed by atoms with E-state index in [1.54, 1.807) is 24.4 Å². The molecule has 0 saturated heterocycles. The van der Waals surface area contributed by atoms with E-state index < -0.39 is 0 Å². The van der Waals surface area contributed by atoms with Crippen molar-refractivity contribution in [1.29, 1.82) is 0 Å². The summed E-state index contributed by atoms with van der Waals surface area (Å²) in [6.07, 6.45) is 1.58. The van der Waals surface area contributed by atoms with E-state index in [4.69, 9.17) is 10.3 Å². The number of hydrogen-bond donors (Lipinski definition) is 2. The van der Waals surface area contributed by atoms with Gasteiger partial charge < -0.3 is 15.4 Å². The summed E-state index contributed by atoms with van der Waals surface area (Å²) >= 11 is 0. The van der Waals surface area contributed by atoms with Gasteiger partial charge in [0.25, 0.3) is 0 Å². The number of phenolic OH excluding ortho intramolecular Hbond substituents is 1. The van der Waals surface area contributed by atoms with E-state index in [2.05, 4.69) is 5.16 Å². The molecule has 4 heteroatoms. The largest absolute Gasteiger partial charge is 0.508 e. The topological polar surface area (TPSA) is 72.3 Å². The Kier molecular flexibility index (Phi) is 2.20. The maximum Gasteiger partial charge on any atom is 0.171 e. The molecule has 2 rings (SSSR count). The highest BCUT2D eigenvalue weighted by Crippen LogP contribution is 2.25. The number of aromatic hydroxyl groups is 1. The predicted molar refractivity (Wildman–Crippen MR) is 51.5 cm³/mol. The van der Waals surface area contributed by atoms with Crippen molar-refractivity contribution in [3.63, 3.8) is 0 Å². The molecule has 1 aromatic heterocycles. The van der Waals surface area contributed by atoms with Crippen LogP contribution in [0, 0.1) is 0 Å². The Labute approximate surface area is 81.0 Å². The van der Waals surface area contributed by atoms with Crippen LogP contribution < -0.4 is 5.73 Å². The van der Waals surface area contributed by atoms with Crippen molar-refractivity contribution in [1.82, 2.24) is 5.16 Å². The zero-order chi connectivity index (χ0) is 9.97. The zero-order valence-electron chi connectivity index (χ0n) is 7.47. The second-order valence-corrected chi connectivity index (χ2v) is 2.93. The van der Waals surface area contributed by atoms with E-state index in [-0.39, 0.29) is 5.75 Å². The number of hydrogen-bond acceptors (Lipinski definition) is 4. The molecule has 14 heavy (non-hydrogen) atoms. The Morgan fingerprint density at radius 3 is 3.00 bits per heavy atom. The maximum absolute atomic E-state index is 9.28. The molecule has 0 unspecified atom stereocenters. The fourth-order valence-corrected chi connectivity index (χ4v) is 1.29. The van der Waals surface area contributed by atoms with Crippen LogP contribution in [-0.4, -0.2) is 10.3 Å². The van der Waals surface area contributed by atoms with Gasteiger partial charge in [-0.25, -0.2) is 0 Å². The molecule has 72 valence electrons. The molecule has 3 N–H and O–H groups in total. The molecule has 1 aromatic carbocycles. The Hall–Kier alpha value is -1.81. The number of nitrogens with zero attached hydrogens (tertiary/aromatic N) is 1. The van der Waals surface area contributed by atoms with E-state index in [1.165, 1.54) is 0 Å². The standard InChI is InChI=1S/C10H10N2O2/c11-5-8-6-12-14-10(8)7-2-1-3-9(13)4-7/h1-4,6,13H,5,11H2. The summed E-state index contributed by atoms with van der Waals surface area (Å²) in [6, 6.07) is 6.79. The summed E-state index contributed by atoms with van der Waals surface area (Å²) in [5.74, 6) is 0.810. The minimum Gasteiger partial charge on any atom is -0.508 e. The average molecular weight is 190 g/mol. The van der Waals surface area contributed by atoms with E-state index in [1.807, 2.05) is 6.07 Å². The van der Waals surface area contributed by atoms with Crippen LogP contribution in [0.5, 0.6) is 5.75 Å². The van der Waals surface area contributed by atoms with Gasteiger partial charge in [0.2, 0.25) is 0 Å². The van der Waals surface area contributed by atoms with Crippen molar-refractivity contribution in [3.8, 4) is 17.1 Å². The first kappa shape index (κ1) is 8.77. The van der Waals surface area contributed by atoms with E-state index in [9.17, 15) is 5.11 Å². The second kappa shape index (κ2) is 3.51. The molecule has 2 aromatic rings. The summed E-state index contributed by atoms with van der Waals surface area (Å²) < 4.78 is 5.06. The third-order valence-electron chi connectivity index (χ3n) is 1.97. The number of aromatic nitrogens is 1. The fourth-order valence-electron chi connectivity index (χ4n) is 1.29. The monoisotopic (exact) mass is 190 g/mol. The van der Waals surface area contributed by atoms with Gasteiger partial charge in [0.15, 0.2) is 5.76 Å². The van der Waals surface area contributed by atoms with Gasteiger partial charge in [-0.3, -0.25) is 0 Å². The molecule has 0 aliphatic rings. The zero-order valence-corrected chi connectivity index (χ0v) is 7.47. The summed E-state index contributed by atoms with van der Waals surface area (Å²) in [4.78, 5) is 0. The van der Waals surface area contributed by atoms with Gasteiger partial charge >= 0.3 is 0 Å². The van der Waals surface area contributed by atoms with Gasteiger partial charge in [0, 0.05) is 17.7 Å². The van der Waals surface area contributed by atoms with Crippen LogP contribution in [0.3, 0.4) is 0 Å². The normalized spacial score (nSPS) is 10.4. The van der Waals surface area contributed by atoms with Crippen LogP contribution in [0.4, 0.5) is 0 Å². The Balaban J connectivity index is 2.49. The number of benzene rings is 1. The minimum absolute atomic E-state index is 0.196. The Morgan fingerprint density at radius 2 is 2.29 bits per heavy atom. The second-order valence-electron chi connectivity index (χ2n) is 2.93. The molecule has 0 spiro atoms. The highest BCUT2D eigenvalue weighted by molar-refractivity contribution is 5.62. The van der Waals surface area contributed by atoms with Crippen molar-refractivity contribution in [3.05, 3.63) is 36.0 Å². The van der Waals surface area contributed by atoms with Crippen molar-refractivity contribution in [2.45, 2.75) is 6.54 Å². The first-order valence-electron chi connectivity index (χ1n) is 4.24. The third kappa shape index (κ3) is 1.47. The van der Waals surface area contributed by atoms with Crippen LogP contribution in [0.25, 0.3) is 11.3 Å². The number of nitrogens with two attached hydrogens (primary N) is 1. The van der Waals surface area contributed by atoms with Gasteiger partial charge in [-0.2, -0.15) is 0 Å². The third-order valence-corrected chi connectivity index (χ3v) is 1.97. The lowest BCUT2D eigenvalue weighted by Gasteiger charge is -1.98. The first-order chi connectivity index (χ1) is 6.81. The molecule has 4 nitrogen and oxygen atoms in total. The van der Waals surface area contributed by atoms with Crippen LogP contribution in [0.15, 0.2) is 35.0 Å². The highest BCUT2D eigenvalue weighted by Gasteiger charge is 2.09. The Morgan fingerprint density at radius 1 is 1.43 bits per heavy atom. The summed E-state index contributed by atoms with van der Waals surface area (Å²) in [5.41, 5.74) is 7.12. The van der Waals surface area contributed by atoms with Crippen molar-refractivity contribution in [2.75, 3.05) is 0 Å². The van der Waals surface area contributed by atoms with Crippen molar-refractivity contribution < 1.29 is 9.63 Å². The van der Waals surface area contributed by atoms with E-state index in [0.717, 1.165) is 11.1 Å². The molecular formula is C10H10N2O2. The smallest absolute Gasteiger partial charge is 0.171 e. The van der Waals surface area contributed by atoms with Crippen molar-refractivity contribution >= 4 is 0 Å². The molecule has 0 amide bonds. The van der Waals surface area contributed by atoms with Crippen LogP contribution in [0.2, 0.25) is 0 Å². The van der Waals surface area contributed by atoms with E-state index in [0.29, 0.717) is 12.3 Å². The number of phenols is 1. The molecule has 0 bridgehead atoms. The molecule has 0 aliphatic carbocycles. The summed E-state index contributed by atoms with van der Waals surface area (Å²) in [7, 11) is 0. The lowest BCUT2D eigenvalue weighted by molar-refractivity contribution is 0.430. The molecule has 0 atom stereocenters. The van der Waals surface area contributed by atoms with Crippen LogP contribution in [0.1, 0.15) is 5.56 Å². The molecule has 1 heterocycles. The van der Waals surface area contributed by atoms with Gasteiger partial charge in [-0.15, -0.1) is 0 Å². The number of rotatable bonds is 2. The molecule has 0 saturated carbocycles. The van der Waals surface area contributed by atoms with Gasteiger partial charge in [-0.05, 0) is 12.1 Å². The van der Waals surface area contributed by atoms with Gasteiger partial charge in [0.05, 0.1) is 6.20 Å². The quantitative estimate of drug-likeness (QED) is 0.752. The van der Waals surface area contributed by atoms with Gasteiger partial charge in [0.1, 0.15) is 5.75 Å². The molecule has 0 fully saturated rings. The van der Waals surface area contributed by atoms with Gasteiger partial charge in [-0.1, -0.05) is 17.3 Å². The van der Waals surface area contributed by atoms with Crippen molar-refractivity contribution in [2.24, 2.45) is 5.73 Å².